The normalized spacial score (nSPS) is 14.3. The van der Waals surface area contributed by atoms with Gasteiger partial charge in [-0.05, 0) is 73.4 Å². The number of allylic oxidation sites excluding steroid dienone is 1. The van der Waals surface area contributed by atoms with Crippen LogP contribution in [0.15, 0.2) is 55.0 Å². The average molecular weight is 442 g/mol. The van der Waals surface area contributed by atoms with Gasteiger partial charge in [0.25, 0.3) is 0 Å². The summed E-state index contributed by atoms with van der Waals surface area (Å²) in [4.78, 5) is 20.8. The summed E-state index contributed by atoms with van der Waals surface area (Å²) < 4.78 is 23.1. The number of rotatable bonds is 5. The maximum Gasteiger partial charge on any atom is 0.170 e. The second kappa shape index (κ2) is 8.50. The van der Waals surface area contributed by atoms with Crippen LogP contribution in [0.25, 0.3) is 28.6 Å². The number of hydrogen-bond donors (Lipinski definition) is 0. The van der Waals surface area contributed by atoms with Gasteiger partial charge in [-0.15, -0.1) is 0 Å². The molecule has 2 aromatic carbocycles. The molecule has 3 heterocycles. The van der Waals surface area contributed by atoms with Gasteiger partial charge < -0.3 is 13.9 Å². The van der Waals surface area contributed by atoms with Gasteiger partial charge in [0.05, 0.1) is 30.5 Å². The highest BCUT2D eigenvalue weighted by molar-refractivity contribution is 5.88. The van der Waals surface area contributed by atoms with Crippen molar-refractivity contribution >= 4 is 17.9 Å². The maximum absolute atomic E-state index is 13.4. The van der Waals surface area contributed by atoms with Gasteiger partial charge in [0.2, 0.25) is 0 Å². The van der Waals surface area contributed by atoms with E-state index in [9.17, 15) is 9.18 Å². The molecule has 1 aliphatic rings. The van der Waals surface area contributed by atoms with Gasteiger partial charge in [-0.25, -0.2) is 14.4 Å². The van der Waals surface area contributed by atoms with E-state index in [1.165, 1.54) is 12.1 Å². The van der Waals surface area contributed by atoms with Crippen LogP contribution in [-0.2, 0) is 6.54 Å². The third-order valence-electron chi connectivity index (χ3n) is 5.87. The lowest BCUT2D eigenvalue weighted by Gasteiger charge is -2.20. The zero-order valence-electron chi connectivity index (χ0n) is 18.5. The first-order valence-corrected chi connectivity index (χ1v) is 10.8. The number of aryl methyl sites for hydroxylation is 1. The predicted molar refractivity (Wildman–Crippen MR) is 125 cm³/mol. The molecule has 1 aliphatic heterocycles. The summed E-state index contributed by atoms with van der Waals surface area (Å²) in [5, 5.41) is 0. The van der Waals surface area contributed by atoms with Crippen molar-refractivity contribution in [3.05, 3.63) is 83.6 Å². The third-order valence-corrected chi connectivity index (χ3v) is 5.87. The van der Waals surface area contributed by atoms with Crippen molar-refractivity contribution in [1.82, 2.24) is 19.1 Å². The lowest BCUT2D eigenvalue weighted by Crippen LogP contribution is -2.11. The van der Waals surface area contributed by atoms with Crippen LogP contribution in [-0.4, -0.2) is 32.5 Å². The summed E-state index contributed by atoms with van der Waals surface area (Å²) in [6.07, 6.45) is 8.35. The second-order valence-electron chi connectivity index (χ2n) is 8.07. The molecule has 0 spiro atoms. The number of fused-ring (bicyclic) bond motifs is 1. The monoisotopic (exact) mass is 442 g/mol. The number of aldehydes is 1. The summed E-state index contributed by atoms with van der Waals surface area (Å²) in [7, 11) is 1.65. The molecule has 0 aliphatic carbocycles. The standard InChI is InChI=1S/C26H23FN4O2/c1-17-14-30(16-28-17)23-10-5-18(13-24(23)33-2)12-20-4-3-11-31-25(22(15-32)29-26(20)31)19-6-8-21(27)9-7-19/h5-10,12-16H,3-4,11H2,1-2H3/b20-12+. The maximum atomic E-state index is 13.4. The van der Waals surface area contributed by atoms with E-state index < -0.39 is 0 Å². The Hall–Kier alpha value is -4.00. The molecule has 7 heteroatoms. The minimum Gasteiger partial charge on any atom is -0.495 e. The van der Waals surface area contributed by atoms with E-state index in [2.05, 4.69) is 20.6 Å². The number of carbonyl (C=O) groups excluding carboxylic acids is 1. The molecule has 166 valence electrons. The first kappa shape index (κ1) is 20.9. The summed E-state index contributed by atoms with van der Waals surface area (Å²) in [6.45, 7) is 2.70. The molecule has 0 atom stereocenters. The van der Waals surface area contributed by atoms with Gasteiger partial charge in [0.1, 0.15) is 23.1 Å². The van der Waals surface area contributed by atoms with Crippen LogP contribution in [0, 0.1) is 12.7 Å². The summed E-state index contributed by atoms with van der Waals surface area (Å²) >= 11 is 0. The Bertz CT molecular complexity index is 1370. The van der Waals surface area contributed by atoms with Crippen LogP contribution in [0.3, 0.4) is 0 Å². The summed E-state index contributed by atoms with van der Waals surface area (Å²) in [5.74, 6) is 1.20. The first-order valence-electron chi connectivity index (χ1n) is 10.8. The number of methoxy groups -OCH3 is 1. The van der Waals surface area contributed by atoms with Crippen LogP contribution in [0.2, 0.25) is 0 Å². The number of carbonyl (C=O) groups is 1. The van der Waals surface area contributed by atoms with Crippen LogP contribution in [0.1, 0.15) is 40.4 Å². The number of ether oxygens (including phenoxy) is 1. The van der Waals surface area contributed by atoms with Gasteiger partial charge in [-0.3, -0.25) is 4.79 Å². The van der Waals surface area contributed by atoms with Gasteiger partial charge in [-0.1, -0.05) is 6.07 Å². The van der Waals surface area contributed by atoms with Gasteiger partial charge in [0.15, 0.2) is 6.29 Å². The minimum absolute atomic E-state index is 0.311. The highest BCUT2D eigenvalue weighted by atomic mass is 19.1. The Morgan fingerprint density at radius 2 is 1.97 bits per heavy atom. The van der Waals surface area contributed by atoms with Crippen LogP contribution < -0.4 is 4.74 Å². The fraction of sp³-hybridized carbons (Fsp3) is 0.192. The molecular weight excluding hydrogens is 419 g/mol. The molecule has 0 fully saturated rings. The van der Waals surface area contributed by atoms with Gasteiger partial charge >= 0.3 is 0 Å². The molecule has 0 radical (unpaired) electrons. The Balaban J connectivity index is 1.56. The number of imidazole rings is 2. The van der Waals surface area contributed by atoms with Crippen molar-refractivity contribution < 1.29 is 13.9 Å². The van der Waals surface area contributed by atoms with E-state index >= 15 is 0 Å². The average Bonchev–Trinajstić information content (AvgIpc) is 3.43. The molecule has 6 nitrogen and oxygen atoms in total. The molecule has 0 saturated heterocycles. The lowest BCUT2D eigenvalue weighted by atomic mass is 10.0. The van der Waals surface area contributed by atoms with Gasteiger partial charge in [0, 0.05) is 18.3 Å². The molecule has 2 aromatic heterocycles. The molecule has 0 saturated carbocycles. The molecular formula is C26H23FN4O2. The van der Waals surface area contributed by atoms with E-state index in [0.717, 1.165) is 71.0 Å². The van der Waals surface area contributed by atoms with Crippen molar-refractivity contribution in [3.63, 3.8) is 0 Å². The highest BCUT2D eigenvalue weighted by Gasteiger charge is 2.24. The predicted octanol–water partition coefficient (Wildman–Crippen LogP) is 5.34. The Morgan fingerprint density at radius 3 is 2.67 bits per heavy atom. The highest BCUT2D eigenvalue weighted by Crippen LogP contribution is 2.35. The molecule has 0 bridgehead atoms. The summed E-state index contributed by atoms with van der Waals surface area (Å²) in [5.41, 5.74) is 5.75. The number of hydrogen-bond acceptors (Lipinski definition) is 4. The zero-order chi connectivity index (χ0) is 22.9. The number of nitrogens with zero attached hydrogens (tertiary/aromatic N) is 4. The van der Waals surface area contributed by atoms with E-state index in [-0.39, 0.29) is 5.82 Å². The van der Waals surface area contributed by atoms with Crippen molar-refractivity contribution in [2.24, 2.45) is 0 Å². The van der Waals surface area contributed by atoms with E-state index in [0.29, 0.717) is 5.69 Å². The molecule has 33 heavy (non-hydrogen) atoms. The van der Waals surface area contributed by atoms with Crippen molar-refractivity contribution in [2.75, 3.05) is 7.11 Å². The molecule has 0 amide bonds. The quantitative estimate of drug-likeness (QED) is 0.392. The largest absolute Gasteiger partial charge is 0.495 e. The van der Waals surface area contributed by atoms with Crippen molar-refractivity contribution in [3.8, 4) is 22.7 Å². The number of aromatic nitrogens is 4. The van der Waals surface area contributed by atoms with Crippen molar-refractivity contribution in [1.29, 1.82) is 0 Å². The van der Waals surface area contributed by atoms with Gasteiger partial charge in [-0.2, -0.15) is 0 Å². The number of benzene rings is 2. The Morgan fingerprint density at radius 1 is 1.15 bits per heavy atom. The van der Waals surface area contributed by atoms with E-state index in [4.69, 9.17) is 4.74 Å². The van der Waals surface area contributed by atoms with Crippen LogP contribution in [0.4, 0.5) is 4.39 Å². The molecule has 0 unspecified atom stereocenters. The zero-order valence-corrected chi connectivity index (χ0v) is 18.5. The fourth-order valence-electron chi connectivity index (χ4n) is 4.36. The smallest absolute Gasteiger partial charge is 0.170 e. The Labute approximate surface area is 191 Å². The number of halogens is 1. The Kier molecular flexibility index (Phi) is 5.38. The topological polar surface area (TPSA) is 61.9 Å². The SMILES string of the molecule is COc1cc(/C=C2\CCCn3c2nc(C=O)c3-c2ccc(F)cc2)ccc1-n1cnc(C)c1. The first-order chi connectivity index (χ1) is 16.1. The lowest BCUT2D eigenvalue weighted by molar-refractivity contribution is 0.112. The molecule has 4 aromatic rings. The minimum atomic E-state index is -0.311. The fourth-order valence-corrected chi connectivity index (χ4v) is 4.36. The third kappa shape index (κ3) is 3.86. The molecule has 5 rings (SSSR count). The molecule has 0 N–H and O–H groups in total. The summed E-state index contributed by atoms with van der Waals surface area (Å²) in [6, 6.07) is 12.2. The van der Waals surface area contributed by atoms with E-state index in [1.54, 1.807) is 25.6 Å². The second-order valence-corrected chi connectivity index (χ2v) is 8.07. The van der Waals surface area contributed by atoms with E-state index in [1.807, 2.05) is 35.9 Å². The van der Waals surface area contributed by atoms with Crippen molar-refractivity contribution in [2.45, 2.75) is 26.3 Å². The van der Waals surface area contributed by atoms with Crippen LogP contribution >= 0.6 is 0 Å². The van der Waals surface area contributed by atoms with Crippen LogP contribution in [0.5, 0.6) is 5.75 Å².